The molecule has 9 heteroatoms. The molecule has 2 amide bonds. The van der Waals surface area contributed by atoms with Gasteiger partial charge >= 0.3 is 0 Å². The zero-order chi connectivity index (χ0) is 20.3. The monoisotopic (exact) mass is 420 g/mol. The van der Waals surface area contributed by atoms with E-state index in [0.29, 0.717) is 15.9 Å². The highest BCUT2D eigenvalue weighted by Crippen LogP contribution is 2.31. The minimum atomic E-state index is -0.923. The first-order valence-corrected chi connectivity index (χ1v) is 10.4. The maximum atomic E-state index is 12.9. The Morgan fingerprint density at radius 3 is 2.93 bits per heavy atom. The first-order chi connectivity index (χ1) is 13.4. The summed E-state index contributed by atoms with van der Waals surface area (Å²) >= 11 is 7.42. The summed E-state index contributed by atoms with van der Waals surface area (Å²) in [6.07, 6.45) is 1.90. The fourth-order valence-corrected chi connectivity index (χ4v) is 4.02. The van der Waals surface area contributed by atoms with Crippen molar-refractivity contribution in [3.63, 3.8) is 0 Å². The van der Waals surface area contributed by atoms with Gasteiger partial charge in [-0.05, 0) is 31.0 Å². The van der Waals surface area contributed by atoms with E-state index < -0.39 is 17.4 Å². The Morgan fingerprint density at radius 2 is 2.18 bits per heavy atom. The minimum absolute atomic E-state index is 0.120. The Labute approximate surface area is 171 Å². The van der Waals surface area contributed by atoms with Gasteiger partial charge in [-0.1, -0.05) is 42.8 Å². The van der Waals surface area contributed by atoms with Gasteiger partial charge in [-0.25, -0.2) is 4.98 Å². The number of aryl methyl sites for hydroxylation is 1. The van der Waals surface area contributed by atoms with E-state index in [9.17, 15) is 14.4 Å². The lowest BCUT2D eigenvalue weighted by Crippen LogP contribution is -2.36. The number of carbonyl (C=O) groups is 2. The van der Waals surface area contributed by atoms with Crippen LogP contribution in [0.2, 0.25) is 5.02 Å². The van der Waals surface area contributed by atoms with Crippen LogP contribution < -0.4 is 16.2 Å². The molecule has 1 aliphatic heterocycles. The third-order valence-corrected chi connectivity index (χ3v) is 5.63. The second-order valence-electron chi connectivity index (χ2n) is 6.59. The van der Waals surface area contributed by atoms with Gasteiger partial charge in [-0.15, -0.1) is 0 Å². The number of thioether (sulfide) groups is 1. The maximum Gasteiger partial charge on any atom is 0.257 e. The number of fused-ring (bicyclic) bond motifs is 1. The molecule has 0 saturated carbocycles. The molecule has 0 spiro atoms. The summed E-state index contributed by atoms with van der Waals surface area (Å²) in [7, 11) is 0. The van der Waals surface area contributed by atoms with E-state index in [4.69, 9.17) is 11.6 Å². The molecule has 148 valence electrons. The fraction of sp³-hybridized carbons (Fsp3) is 0.368. The van der Waals surface area contributed by atoms with Crippen LogP contribution >= 0.6 is 23.4 Å². The zero-order valence-electron chi connectivity index (χ0n) is 15.6. The van der Waals surface area contributed by atoms with Crippen molar-refractivity contribution in [3.05, 3.63) is 44.7 Å². The van der Waals surface area contributed by atoms with E-state index >= 15 is 0 Å². The third-order valence-electron chi connectivity index (χ3n) is 4.44. The highest BCUT2D eigenvalue weighted by molar-refractivity contribution is 7.99. The fourth-order valence-electron chi connectivity index (χ4n) is 2.90. The summed E-state index contributed by atoms with van der Waals surface area (Å²) in [6, 6.07) is 5.14. The summed E-state index contributed by atoms with van der Waals surface area (Å²) in [5.41, 5.74) is 1.14. The van der Waals surface area contributed by atoms with Crippen LogP contribution in [0, 0.1) is 6.92 Å². The minimum Gasteiger partial charge on any atom is -0.325 e. The number of halogens is 1. The van der Waals surface area contributed by atoms with Crippen LogP contribution in [0.5, 0.6) is 0 Å². The van der Waals surface area contributed by atoms with Crippen LogP contribution in [0.1, 0.15) is 43.2 Å². The molecule has 28 heavy (non-hydrogen) atoms. The summed E-state index contributed by atoms with van der Waals surface area (Å²) < 4.78 is 0. The van der Waals surface area contributed by atoms with Crippen molar-refractivity contribution in [3.8, 4) is 0 Å². The number of nitrogens with zero attached hydrogens (tertiary/aromatic N) is 1. The number of unbranched alkanes of at least 4 members (excludes halogenated alkanes) is 1. The van der Waals surface area contributed by atoms with Crippen molar-refractivity contribution >= 4 is 46.7 Å². The smallest absolute Gasteiger partial charge is 0.257 e. The predicted molar refractivity (Wildman–Crippen MR) is 111 cm³/mol. The van der Waals surface area contributed by atoms with E-state index in [1.165, 1.54) is 11.8 Å². The number of amides is 2. The Kier molecular flexibility index (Phi) is 6.41. The van der Waals surface area contributed by atoms with E-state index in [2.05, 4.69) is 27.5 Å². The molecule has 1 atom stereocenters. The lowest BCUT2D eigenvalue weighted by molar-refractivity contribution is -0.123. The van der Waals surface area contributed by atoms with Gasteiger partial charge in [-0.3, -0.25) is 14.4 Å². The number of rotatable bonds is 6. The molecule has 0 unspecified atom stereocenters. The normalized spacial score (nSPS) is 15.7. The van der Waals surface area contributed by atoms with Crippen LogP contribution in [0.15, 0.2) is 28.2 Å². The molecule has 2 aromatic rings. The van der Waals surface area contributed by atoms with Crippen LogP contribution in [0.3, 0.4) is 0 Å². The summed E-state index contributed by atoms with van der Waals surface area (Å²) in [6.45, 7) is 3.91. The van der Waals surface area contributed by atoms with Crippen molar-refractivity contribution in [1.29, 1.82) is 0 Å². The van der Waals surface area contributed by atoms with Gasteiger partial charge in [-0.2, -0.15) is 0 Å². The number of H-pyrrole nitrogens is 1. The number of hydrogen-bond acceptors (Lipinski definition) is 5. The van der Waals surface area contributed by atoms with Crippen LogP contribution in [0.4, 0.5) is 11.5 Å². The molecule has 0 radical (unpaired) electrons. The van der Waals surface area contributed by atoms with Gasteiger partial charge in [0.1, 0.15) is 5.82 Å². The summed E-state index contributed by atoms with van der Waals surface area (Å²) in [5, 5.41) is 6.31. The largest absolute Gasteiger partial charge is 0.325 e. The van der Waals surface area contributed by atoms with Crippen molar-refractivity contribution < 1.29 is 9.59 Å². The van der Waals surface area contributed by atoms with E-state index in [0.717, 1.165) is 24.2 Å². The molecule has 0 aliphatic carbocycles. The Hall–Kier alpha value is -2.32. The van der Waals surface area contributed by atoms with Crippen molar-refractivity contribution in [2.24, 2.45) is 0 Å². The second kappa shape index (κ2) is 8.79. The molecular weight excluding hydrogens is 400 g/mol. The van der Waals surface area contributed by atoms with Crippen molar-refractivity contribution in [1.82, 2.24) is 9.97 Å². The van der Waals surface area contributed by atoms with Gasteiger partial charge in [0.25, 0.3) is 5.56 Å². The topological polar surface area (TPSA) is 104 Å². The van der Waals surface area contributed by atoms with Crippen molar-refractivity contribution in [2.75, 3.05) is 16.4 Å². The number of hydrogen-bond donors (Lipinski definition) is 3. The molecule has 1 aromatic carbocycles. The Morgan fingerprint density at radius 1 is 1.39 bits per heavy atom. The van der Waals surface area contributed by atoms with Crippen LogP contribution in [-0.4, -0.2) is 27.5 Å². The molecule has 3 N–H and O–H groups in total. The highest BCUT2D eigenvalue weighted by Gasteiger charge is 2.34. The molecule has 1 aliphatic rings. The number of benzene rings is 1. The first-order valence-electron chi connectivity index (χ1n) is 9.03. The lowest BCUT2D eigenvalue weighted by Gasteiger charge is -2.23. The first kappa shape index (κ1) is 20.4. The molecule has 0 bridgehead atoms. The van der Waals surface area contributed by atoms with E-state index in [1.807, 2.05) is 6.92 Å². The lowest BCUT2D eigenvalue weighted by atomic mass is 9.92. The predicted octanol–water partition coefficient (Wildman–Crippen LogP) is 3.69. The summed E-state index contributed by atoms with van der Waals surface area (Å²) in [5.74, 6) is -0.752. The molecule has 0 saturated heterocycles. The summed E-state index contributed by atoms with van der Waals surface area (Å²) in [4.78, 5) is 44.7. The SMILES string of the molecule is CCCCSc1nc2c(c(=O)[nH]1)[C@@H](C(=O)Nc1cc(Cl)ccc1C)CC(=O)N2. The second-order valence-corrected chi connectivity index (χ2v) is 8.11. The number of carbonyl (C=O) groups excluding carboxylic acids is 2. The maximum absolute atomic E-state index is 12.9. The average Bonchev–Trinajstić information content (AvgIpc) is 2.64. The zero-order valence-corrected chi connectivity index (χ0v) is 17.2. The molecule has 7 nitrogen and oxygen atoms in total. The number of aromatic amines is 1. The molecule has 0 fully saturated rings. The van der Waals surface area contributed by atoms with Gasteiger partial charge in [0.15, 0.2) is 5.16 Å². The van der Waals surface area contributed by atoms with Gasteiger partial charge in [0, 0.05) is 22.9 Å². The van der Waals surface area contributed by atoms with E-state index in [1.54, 1.807) is 18.2 Å². The number of nitrogens with one attached hydrogen (secondary N) is 3. The highest BCUT2D eigenvalue weighted by atomic mass is 35.5. The van der Waals surface area contributed by atoms with Gasteiger partial charge in [0.05, 0.1) is 11.5 Å². The quantitative estimate of drug-likeness (QED) is 0.375. The third kappa shape index (κ3) is 4.56. The van der Waals surface area contributed by atoms with Crippen LogP contribution in [-0.2, 0) is 9.59 Å². The van der Waals surface area contributed by atoms with Gasteiger partial charge < -0.3 is 15.6 Å². The number of anilines is 2. The Bertz CT molecular complexity index is 976. The van der Waals surface area contributed by atoms with E-state index in [-0.39, 0.29) is 23.7 Å². The molecular formula is C19H21ClN4O3S. The van der Waals surface area contributed by atoms with Crippen LogP contribution in [0.25, 0.3) is 0 Å². The molecule has 2 heterocycles. The Balaban J connectivity index is 1.89. The molecule has 3 rings (SSSR count). The van der Waals surface area contributed by atoms with Crippen molar-refractivity contribution in [2.45, 2.75) is 44.2 Å². The molecule has 1 aromatic heterocycles. The van der Waals surface area contributed by atoms with Gasteiger partial charge in [0.2, 0.25) is 11.8 Å². The standard InChI is InChI=1S/C19H21ClN4O3S/c1-3-4-7-28-19-23-16-15(18(27)24-19)12(9-14(25)22-16)17(26)21-13-8-11(20)6-5-10(13)2/h5-6,8,12H,3-4,7,9H2,1-2H3,(H,21,26)(H2,22,23,24,25,27)/t12-/m0/s1. The number of aromatic nitrogens is 2. The average molecular weight is 421 g/mol.